The second kappa shape index (κ2) is 7.84. The summed E-state index contributed by atoms with van der Waals surface area (Å²) >= 11 is 0. The Morgan fingerprint density at radius 3 is 2.94 bits per heavy atom. The van der Waals surface area contributed by atoms with Gasteiger partial charge in [-0.2, -0.15) is 4.98 Å². The minimum Gasteiger partial charge on any atom is -0.478 e. The lowest BCUT2D eigenvalue weighted by Crippen LogP contribution is -2.17. The predicted octanol–water partition coefficient (Wildman–Crippen LogP) is 1.63. The SMILES string of the molecule is CCCOc1ccnc(NCCCN(C)C)n1. The van der Waals surface area contributed by atoms with Crippen molar-refractivity contribution in [2.75, 3.05) is 39.1 Å². The van der Waals surface area contributed by atoms with Gasteiger partial charge < -0.3 is 15.0 Å². The third-order valence-electron chi connectivity index (χ3n) is 2.15. The smallest absolute Gasteiger partial charge is 0.225 e. The van der Waals surface area contributed by atoms with Crippen LogP contribution in [-0.4, -0.2) is 48.7 Å². The van der Waals surface area contributed by atoms with Crippen molar-refractivity contribution in [1.82, 2.24) is 14.9 Å². The van der Waals surface area contributed by atoms with Crippen LogP contribution in [0.5, 0.6) is 5.88 Å². The van der Waals surface area contributed by atoms with Crippen molar-refractivity contribution in [3.63, 3.8) is 0 Å². The number of aromatic nitrogens is 2. The Labute approximate surface area is 103 Å². The Hall–Kier alpha value is -1.36. The van der Waals surface area contributed by atoms with Gasteiger partial charge >= 0.3 is 0 Å². The van der Waals surface area contributed by atoms with Crippen LogP contribution in [0.3, 0.4) is 0 Å². The van der Waals surface area contributed by atoms with Crippen LogP contribution >= 0.6 is 0 Å². The second-order valence-corrected chi connectivity index (χ2v) is 4.15. The zero-order chi connectivity index (χ0) is 12.5. The highest BCUT2D eigenvalue weighted by molar-refractivity contribution is 5.27. The lowest BCUT2D eigenvalue weighted by Gasteiger charge is -2.10. The largest absolute Gasteiger partial charge is 0.478 e. The minimum absolute atomic E-state index is 0.636. The molecule has 0 aliphatic rings. The van der Waals surface area contributed by atoms with E-state index in [9.17, 15) is 0 Å². The van der Waals surface area contributed by atoms with E-state index in [0.717, 1.165) is 25.9 Å². The first-order valence-corrected chi connectivity index (χ1v) is 6.07. The van der Waals surface area contributed by atoms with E-state index in [1.54, 1.807) is 12.3 Å². The molecule has 1 aromatic rings. The third kappa shape index (κ3) is 6.06. The molecule has 1 N–H and O–H groups in total. The Morgan fingerprint density at radius 2 is 2.24 bits per heavy atom. The zero-order valence-corrected chi connectivity index (χ0v) is 10.9. The predicted molar refractivity (Wildman–Crippen MR) is 69.5 cm³/mol. The van der Waals surface area contributed by atoms with Crippen LogP contribution in [0.25, 0.3) is 0 Å². The number of hydrogen-bond acceptors (Lipinski definition) is 5. The minimum atomic E-state index is 0.636. The normalized spacial score (nSPS) is 10.6. The van der Waals surface area contributed by atoms with Gasteiger partial charge in [-0.1, -0.05) is 6.92 Å². The van der Waals surface area contributed by atoms with Crippen molar-refractivity contribution in [3.05, 3.63) is 12.3 Å². The number of anilines is 1. The van der Waals surface area contributed by atoms with Crippen molar-refractivity contribution in [3.8, 4) is 5.88 Å². The fourth-order valence-electron chi connectivity index (χ4n) is 1.31. The maximum Gasteiger partial charge on any atom is 0.225 e. The van der Waals surface area contributed by atoms with Crippen LogP contribution in [-0.2, 0) is 0 Å². The number of rotatable bonds is 8. The van der Waals surface area contributed by atoms with Gasteiger partial charge in [0.25, 0.3) is 0 Å². The van der Waals surface area contributed by atoms with Crippen LogP contribution in [0.1, 0.15) is 19.8 Å². The van der Waals surface area contributed by atoms with E-state index in [1.807, 2.05) is 0 Å². The van der Waals surface area contributed by atoms with Gasteiger partial charge in [0.15, 0.2) is 0 Å². The molecule has 0 radical (unpaired) electrons. The molecule has 0 unspecified atom stereocenters. The average Bonchev–Trinajstić information content (AvgIpc) is 2.32. The van der Waals surface area contributed by atoms with Crippen molar-refractivity contribution in [2.24, 2.45) is 0 Å². The molecule has 0 saturated heterocycles. The van der Waals surface area contributed by atoms with Crippen molar-refractivity contribution in [1.29, 1.82) is 0 Å². The van der Waals surface area contributed by atoms with Crippen molar-refractivity contribution in [2.45, 2.75) is 19.8 Å². The third-order valence-corrected chi connectivity index (χ3v) is 2.15. The van der Waals surface area contributed by atoms with Gasteiger partial charge in [-0.15, -0.1) is 0 Å². The topological polar surface area (TPSA) is 50.3 Å². The molecular formula is C12H22N4O. The monoisotopic (exact) mass is 238 g/mol. The Balaban J connectivity index is 2.32. The highest BCUT2D eigenvalue weighted by Gasteiger charge is 1.99. The van der Waals surface area contributed by atoms with Gasteiger partial charge in [0.2, 0.25) is 11.8 Å². The van der Waals surface area contributed by atoms with Crippen LogP contribution in [0.15, 0.2) is 12.3 Å². The first-order chi connectivity index (χ1) is 8.22. The lowest BCUT2D eigenvalue weighted by molar-refractivity contribution is 0.305. The van der Waals surface area contributed by atoms with Gasteiger partial charge in [-0.05, 0) is 33.5 Å². The van der Waals surface area contributed by atoms with Gasteiger partial charge in [-0.3, -0.25) is 0 Å². The summed E-state index contributed by atoms with van der Waals surface area (Å²) < 4.78 is 5.44. The molecule has 17 heavy (non-hydrogen) atoms. The molecule has 1 aromatic heterocycles. The lowest BCUT2D eigenvalue weighted by atomic mass is 10.4. The van der Waals surface area contributed by atoms with E-state index in [2.05, 4.69) is 41.2 Å². The van der Waals surface area contributed by atoms with E-state index in [4.69, 9.17) is 4.74 Å². The summed E-state index contributed by atoms with van der Waals surface area (Å²) in [5.74, 6) is 1.27. The van der Waals surface area contributed by atoms with E-state index in [1.165, 1.54) is 0 Å². The van der Waals surface area contributed by atoms with Crippen molar-refractivity contribution >= 4 is 5.95 Å². The van der Waals surface area contributed by atoms with Crippen LogP contribution in [0.4, 0.5) is 5.95 Å². The van der Waals surface area contributed by atoms with E-state index >= 15 is 0 Å². The highest BCUT2D eigenvalue weighted by atomic mass is 16.5. The Kier molecular flexibility index (Phi) is 6.32. The molecule has 0 saturated carbocycles. The van der Waals surface area contributed by atoms with Gasteiger partial charge in [-0.25, -0.2) is 4.98 Å². The highest BCUT2D eigenvalue weighted by Crippen LogP contribution is 2.08. The molecular weight excluding hydrogens is 216 g/mol. The number of nitrogens with zero attached hydrogens (tertiary/aromatic N) is 3. The molecule has 5 nitrogen and oxygen atoms in total. The second-order valence-electron chi connectivity index (χ2n) is 4.15. The van der Waals surface area contributed by atoms with Crippen LogP contribution in [0, 0.1) is 0 Å². The summed E-state index contributed by atoms with van der Waals surface area (Å²) in [6, 6.07) is 1.78. The summed E-state index contributed by atoms with van der Waals surface area (Å²) in [7, 11) is 4.13. The summed E-state index contributed by atoms with van der Waals surface area (Å²) in [6.07, 6.45) is 3.76. The van der Waals surface area contributed by atoms with Crippen LogP contribution < -0.4 is 10.1 Å². The van der Waals surface area contributed by atoms with E-state index in [-0.39, 0.29) is 0 Å². The Bertz CT molecular complexity index is 317. The maximum atomic E-state index is 5.44. The molecule has 96 valence electrons. The number of hydrogen-bond donors (Lipinski definition) is 1. The van der Waals surface area contributed by atoms with Crippen molar-refractivity contribution < 1.29 is 4.74 Å². The molecule has 0 fully saturated rings. The molecule has 0 aliphatic heterocycles. The summed E-state index contributed by atoms with van der Waals surface area (Å²) in [6.45, 7) is 4.69. The number of ether oxygens (including phenoxy) is 1. The van der Waals surface area contributed by atoms with Gasteiger partial charge in [0.1, 0.15) is 0 Å². The summed E-state index contributed by atoms with van der Waals surface area (Å²) in [5, 5.41) is 3.19. The molecule has 0 atom stereocenters. The molecule has 5 heteroatoms. The average molecular weight is 238 g/mol. The molecule has 0 bridgehead atoms. The Morgan fingerprint density at radius 1 is 1.41 bits per heavy atom. The van der Waals surface area contributed by atoms with Crippen LogP contribution in [0.2, 0.25) is 0 Å². The summed E-state index contributed by atoms with van der Waals surface area (Å²) in [5.41, 5.74) is 0. The maximum absolute atomic E-state index is 5.44. The van der Waals surface area contributed by atoms with E-state index in [0.29, 0.717) is 18.4 Å². The standard InChI is InChI=1S/C12H22N4O/c1-4-10-17-11-6-8-14-12(15-11)13-7-5-9-16(2)3/h6,8H,4-5,7,9-10H2,1-3H3,(H,13,14,15). The molecule has 0 spiro atoms. The van der Waals surface area contributed by atoms with Gasteiger partial charge in [0, 0.05) is 18.8 Å². The fourth-order valence-corrected chi connectivity index (χ4v) is 1.31. The fraction of sp³-hybridized carbons (Fsp3) is 0.667. The molecule has 1 rings (SSSR count). The summed E-state index contributed by atoms with van der Waals surface area (Å²) in [4.78, 5) is 10.6. The molecule has 0 aliphatic carbocycles. The number of nitrogens with one attached hydrogen (secondary N) is 1. The molecule has 1 heterocycles. The van der Waals surface area contributed by atoms with Gasteiger partial charge in [0.05, 0.1) is 6.61 Å². The zero-order valence-electron chi connectivity index (χ0n) is 10.9. The van der Waals surface area contributed by atoms with E-state index < -0.39 is 0 Å². The molecule has 0 amide bonds. The first-order valence-electron chi connectivity index (χ1n) is 6.07. The molecule has 0 aromatic carbocycles. The first kappa shape index (κ1) is 13.7. The quantitative estimate of drug-likeness (QED) is 0.698.